The van der Waals surface area contributed by atoms with Crippen LogP contribution in [0.3, 0.4) is 0 Å². The molecular weight excluding hydrogens is 230 g/mol. The standard InChI is InChI=1S/C14H19NOS/c1-4-15-6-5-9-10-7-14(2,3)8-11(10)17-12(9)13(15)16/h4-8H2,1-3H3. The lowest BCUT2D eigenvalue weighted by Crippen LogP contribution is -2.36. The molecule has 0 aromatic carbocycles. The Morgan fingerprint density at radius 1 is 1.29 bits per heavy atom. The number of amides is 1. The molecule has 2 nitrogen and oxygen atoms in total. The van der Waals surface area contributed by atoms with Crippen molar-refractivity contribution in [3.05, 3.63) is 20.9 Å². The van der Waals surface area contributed by atoms with Gasteiger partial charge in [-0.3, -0.25) is 4.79 Å². The van der Waals surface area contributed by atoms with E-state index < -0.39 is 0 Å². The average molecular weight is 249 g/mol. The zero-order valence-corrected chi connectivity index (χ0v) is 11.6. The van der Waals surface area contributed by atoms with Crippen LogP contribution in [0.25, 0.3) is 0 Å². The van der Waals surface area contributed by atoms with Gasteiger partial charge in [0.2, 0.25) is 0 Å². The number of carbonyl (C=O) groups is 1. The van der Waals surface area contributed by atoms with E-state index in [2.05, 4.69) is 20.8 Å². The van der Waals surface area contributed by atoms with Crippen LogP contribution in [0.1, 0.15) is 46.4 Å². The highest BCUT2D eigenvalue weighted by molar-refractivity contribution is 7.14. The van der Waals surface area contributed by atoms with Crippen molar-refractivity contribution in [3.63, 3.8) is 0 Å². The first-order valence-electron chi connectivity index (χ1n) is 6.44. The molecule has 17 heavy (non-hydrogen) atoms. The van der Waals surface area contributed by atoms with E-state index in [-0.39, 0.29) is 5.91 Å². The van der Waals surface area contributed by atoms with Crippen LogP contribution in [0.2, 0.25) is 0 Å². The minimum atomic E-state index is 0.269. The minimum Gasteiger partial charge on any atom is -0.338 e. The highest BCUT2D eigenvalue weighted by Gasteiger charge is 2.37. The fourth-order valence-electron chi connectivity index (χ4n) is 3.11. The van der Waals surface area contributed by atoms with Crippen LogP contribution in [0.4, 0.5) is 0 Å². The Bertz CT molecular complexity index is 487. The number of fused-ring (bicyclic) bond motifs is 3. The molecule has 1 aromatic rings. The van der Waals surface area contributed by atoms with E-state index in [4.69, 9.17) is 0 Å². The predicted molar refractivity (Wildman–Crippen MR) is 70.8 cm³/mol. The lowest BCUT2D eigenvalue weighted by molar-refractivity contribution is 0.0754. The van der Waals surface area contributed by atoms with Gasteiger partial charge in [-0.15, -0.1) is 11.3 Å². The van der Waals surface area contributed by atoms with Crippen LogP contribution in [0.5, 0.6) is 0 Å². The highest BCUT2D eigenvalue weighted by atomic mass is 32.1. The lowest BCUT2D eigenvalue weighted by atomic mass is 9.89. The van der Waals surface area contributed by atoms with Gasteiger partial charge in [-0.25, -0.2) is 0 Å². The van der Waals surface area contributed by atoms with Gasteiger partial charge in [-0.1, -0.05) is 13.8 Å². The molecule has 3 rings (SSSR count). The van der Waals surface area contributed by atoms with E-state index in [9.17, 15) is 4.79 Å². The molecule has 0 unspecified atom stereocenters. The number of carbonyl (C=O) groups excluding carboxylic acids is 1. The van der Waals surface area contributed by atoms with E-state index in [1.807, 2.05) is 4.90 Å². The van der Waals surface area contributed by atoms with Crippen LogP contribution in [-0.2, 0) is 19.3 Å². The maximum Gasteiger partial charge on any atom is 0.264 e. The second-order valence-corrected chi connectivity index (χ2v) is 7.07. The molecule has 1 amide bonds. The fourth-order valence-corrected chi connectivity index (χ4v) is 4.70. The van der Waals surface area contributed by atoms with Gasteiger partial charge in [-0.2, -0.15) is 0 Å². The first kappa shape index (κ1) is 11.3. The third-order valence-corrected chi connectivity index (χ3v) is 5.25. The molecule has 0 saturated heterocycles. The molecule has 0 N–H and O–H groups in total. The van der Waals surface area contributed by atoms with Crippen LogP contribution < -0.4 is 0 Å². The summed E-state index contributed by atoms with van der Waals surface area (Å²) < 4.78 is 0. The van der Waals surface area contributed by atoms with Crippen molar-refractivity contribution in [3.8, 4) is 0 Å². The van der Waals surface area contributed by atoms with Crippen LogP contribution in [0.15, 0.2) is 0 Å². The van der Waals surface area contributed by atoms with Crippen LogP contribution in [0, 0.1) is 5.41 Å². The van der Waals surface area contributed by atoms with Crippen molar-refractivity contribution in [1.29, 1.82) is 0 Å². The molecular formula is C14H19NOS. The van der Waals surface area contributed by atoms with Crippen molar-refractivity contribution in [2.45, 2.75) is 40.0 Å². The summed E-state index contributed by atoms with van der Waals surface area (Å²) >= 11 is 1.76. The normalized spacial score (nSPS) is 21.6. The minimum absolute atomic E-state index is 0.269. The Balaban J connectivity index is 2.02. The number of hydrogen-bond donors (Lipinski definition) is 0. The van der Waals surface area contributed by atoms with Gasteiger partial charge in [0.15, 0.2) is 0 Å². The van der Waals surface area contributed by atoms with Gasteiger partial charge < -0.3 is 4.90 Å². The van der Waals surface area contributed by atoms with Crippen molar-refractivity contribution in [2.24, 2.45) is 5.41 Å². The Labute approximate surface area is 107 Å². The Morgan fingerprint density at radius 3 is 2.76 bits per heavy atom. The average Bonchev–Trinajstić information content (AvgIpc) is 2.72. The van der Waals surface area contributed by atoms with Gasteiger partial charge in [-0.05, 0) is 42.7 Å². The molecule has 92 valence electrons. The zero-order chi connectivity index (χ0) is 12.2. The van der Waals surface area contributed by atoms with Crippen molar-refractivity contribution in [1.82, 2.24) is 4.90 Å². The molecule has 0 saturated carbocycles. The molecule has 2 aliphatic rings. The van der Waals surface area contributed by atoms with Crippen LogP contribution in [-0.4, -0.2) is 23.9 Å². The number of likely N-dealkylation sites (N-methyl/N-ethyl adjacent to an activating group) is 1. The summed E-state index contributed by atoms with van der Waals surface area (Å²) in [5, 5.41) is 0. The van der Waals surface area contributed by atoms with Gasteiger partial charge >= 0.3 is 0 Å². The summed E-state index contributed by atoms with van der Waals surface area (Å²) in [6.07, 6.45) is 3.38. The second-order valence-electron chi connectivity index (χ2n) is 5.96. The molecule has 0 radical (unpaired) electrons. The topological polar surface area (TPSA) is 20.3 Å². The molecule has 1 aliphatic heterocycles. The molecule has 0 atom stereocenters. The third kappa shape index (κ3) is 1.63. The van der Waals surface area contributed by atoms with Gasteiger partial charge in [0.05, 0.1) is 4.88 Å². The Hall–Kier alpha value is -0.830. The van der Waals surface area contributed by atoms with Crippen molar-refractivity contribution < 1.29 is 4.79 Å². The van der Waals surface area contributed by atoms with E-state index in [0.29, 0.717) is 5.41 Å². The number of hydrogen-bond acceptors (Lipinski definition) is 2. The number of rotatable bonds is 1. The first-order valence-corrected chi connectivity index (χ1v) is 7.26. The second kappa shape index (κ2) is 3.58. The summed E-state index contributed by atoms with van der Waals surface area (Å²) in [7, 11) is 0. The largest absolute Gasteiger partial charge is 0.338 e. The summed E-state index contributed by atoms with van der Waals surface area (Å²) in [6, 6.07) is 0. The first-order chi connectivity index (χ1) is 8.02. The predicted octanol–water partition coefficient (Wildman–Crippen LogP) is 2.89. The lowest BCUT2D eigenvalue weighted by Gasteiger charge is -2.26. The van der Waals surface area contributed by atoms with E-state index in [1.54, 1.807) is 11.3 Å². The van der Waals surface area contributed by atoms with E-state index in [1.165, 1.54) is 16.0 Å². The van der Waals surface area contributed by atoms with Crippen molar-refractivity contribution in [2.75, 3.05) is 13.1 Å². The third-order valence-electron chi connectivity index (χ3n) is 3.99. The Morgan fingerprint density at radius 2 is 2.06 bits per heavy atom. The zero-order valence-electron chi connectivity index (χ0n) is 10.8. The molecule has 0 spiro atoms. The summed E-state index contributed by atoms with van der Waals surface area (Å²) in [5.74, 6) is 0.269. The number of thiophene rings is 1. The molecule has 1 aromatic heterocycles. The summed E-state index contributed by atoms with van der Waals surface area (Å²) in [4.78, 5) is 16.7. The molecule has 1 aliphatic carbocycles. The maximum atomic E-state index is 12.3. The maximum absolute atomic E-state index is 12.3. The fraction of sp³-hybridized carbons (Fsp3) is 0.643. The van der Waals surface area contributed by atoms with Gasteiger partial charge in [0.1, 0.15) is 0 Å². The SMILES string of the molecule is CCN1CCc2c(sc3c2CC(C)(C)C3)C1=O. The van der Waals surface area contributed by atoms with E-state index in [0.717, 1.165) is 37.2 Å². The molecule has 0 bridgehead atoms. The van der Waals surface area contributed by atoms with E-state index >= 15 is 0 Å². The Kier molecular flexibility index (Phi) is 2.37. The quantitative estimate of drug-likeness (QED) is 0.749. The van der Waals surface area contributed by atoms with Gasteiger partial charge in [0.25, 0.3) is 5.91 Å². The monoisotopic (exact) mass is 249 g/mol. The molecule has 3 heteroatoms. The highest BCUT2D eigenvalue weighted by Crippen LogP contribution is 2.45. The summed E-state index contributed by atoms with van der Waals surface area (Å²) in [6.45, 7) is 8.47. The van der Waals surface area contributed by atoms with Crippen LogP contribution >= 0.6 is 11.3 Å². The van der Waals surface area contributed by atoms with Crippen molar-refractivity contribution >= 4 is 17.2 Å². The molecule has 2 heterocycles. The van der Waals surface area contributed by atoms with Gasteiger partial charge in [0, 0.05) is 18.0 Å². The smallest absolute Gasteiger partial charge is 0.264 e. The number of nitrogens with zero attached hydrogens (tertiary/aromatic N) is 1. The summed E-state index contributed by atoms with van der Waals surface area (Å²) in [5.41, 5.74) is 3.30. The molecule has 0 fully saturated rings.